The van der Waals surface area contributed by atoms with Crippen LogP contribution in [0, 0.1) is 0 Å². The molecule has 1 atom stereocenters. The number of rotatable bonds is 4. The molecule has 0 aliphatic carbocycles. The third-order valence-corrected chi connectivity index (χ3v) is 3.07. The second-order valence-corrected chi connectivity index (χ2v) is 4.33. The fourth-order valence-electron chi connectivity index (χ4n) is 2.25. The van der Waals surface area contributed by atoms with Gasteiger partial charge in [0.25, 0.3) is 0 Å². The van der Waals surface area contributed by atoms with E-state index in [1.165, 1.54) is 0 Å². The maximum Gasteiger partial charge on any atom is 0.325 e. The lowest BCUT2D eigenvalue weighted by molar-refractivity contribution is -0.141. The minimum Gasteiger partial charge on any atom is -0.467 e. The molecule has 0 aromatic carbocycles. The van der Waals surface area contributed by atoms with Crippen molar-refractivity contribution in [2.24, 2.45) is 0 Å². The van der Waals surface area contributed by atoms with Gasteiger partial charge in [0.2, 0.25) is 0 Å². The lowest BCUT2D eigenvalue weighted by Gasteiger charge is -2.23. The summed E-state index contributed by atoms with van der Waals surface area (Å²) in [5.41, 5.74) is 0. The van der Waals surface area contributed by atoms with Crippen molar-refractivity contribution in [3.63, 3.8) is 0 Å². The molecule has 2 heterocycles. The highest BCUT2D eigenvalue weighted by molar-refractivity contribution is 5.81. The molecule has 6 nitrogen and oxygen atoms in total. The number of nitrogens with one attached hydrogen (secondary N) is 1. The van der Waals surface area contributed by atoms with Crippen LogP contribution < -0.4 is 5.32 Å². The smallest absolute Gasteiger partial charge is 0.325 e. The first-order valence-corrected chi connectivity index (χ1v) is 6.46. The predicted molar refractivity (Wildman–Crippen MR) is 67.4 cm³/mol. The molecule has 6 heteroatoms. The fraction of sp³-hybridized carbons (Fsp3) is 0.538. The van der Waals surface area contributed by atoms with Crippen molar-refractivity contribution < 1.29 is 18.7 Å². The second-order valence-electron chi connectivity index (χ2n) is 4.33. The molecule has 19 heavy (non-hydrogen) atoms. The van der Waals surface area contributed by atoms with Gasteiger partial charge in [-0.15, -0.1) is 0 Å². The van der Waals surface area contributed by atoms with Gasteiger partial charge in [0.05, 0.1) is 18.9 Å². The summed E-state index contributed by atoms with van der Waals surface area (Å²) in [7, 11) is 0. The minimum absolute atomic E-state index is 0.0443. The van der Waals surface area contributed by atoms with E-state index in [2.05, 4.69) is 5.32 Å². The summed E-state index contributed by atoms with van der Waals surface area (Å²) in [6.07, 6.45) is 3.40. The Morgan fingerprint density at radius 2 is 2.42 bits per heavy atom. The van der Waals surface area contributed by atoms with Crippen molar-refractivity contribution in [2.75, 3.05) is 19.7 Å². The largest absolute Gasteiger partial charge is 0.467 e. The van der Waals surface area contributed by atoms with Gasteiger partial charge in [-0.05, 0) is 31.9 Å². The van der Waals surface area contributed by atoms with E-state index in [4.69, 9.17) is 9.15 Å². The number of ether oxygens (including phenoxy) is 1. The lowest BCUT2D eigenvalue weighted by Crippen LogP contribution is -2.41. The monoisotopic (exact) mass is 266 g/mol. The predicted octanol–water partition coefficient (Wildman–Crippen LogP) is 1.69. The topological polar surface area (TPSA) is 71.8 Å². The Morgan fingerprint density at radius 3 is 3.11 bits per heavy atom. The average molecular weight is 266 g/mol. The Hall–Kier alpha value is -1.98. The molecule has 2 rings (SSSR count). The van der Waals surface area contributed by atoms with Gasteiger partial charge in [0.1, 0.15) is 12.3 Å². The Labute approximate surface area is 111 Å². The summed E-state index contributed by atoms with van der Waals surface area (Å²) in [6, 6.07) is 3.37. The van der Waals surface area contributed by atoms with E-state index >= 15 is 0 Å². The highest BCUT2D eigenvalue weighted by atomic mass is 16.5. The molecule has 1 N–H and O–H groups in total. The van der Waals surface area contributed by atoms with E-state index < -0.39 is 5.97 Å². The van der Waals surface area contributed by atoms with Gasteiger partial charge < -0.3 is 19.4 Å². The van der Waals surface area contributed by atoms with Gasteiger partial charge in [0.15, 0.2) is 0 Å². The van der Waals surface area contributed by atoms with Gasteiger partial charge >= 0.3 is 12.0 Å². The zero-order valence-corrected chi connectivity index (χ0v) is 10.9. The molecule has 1 aliphatic rings. The molecule has 1 aromatic rings. The van der Waals surface area contributed by atoms with Gasteiger partial charge in [-0.25, -0.2) is 4.79 Å². The number of esters is 1. The molecule has 1 aliphatic heterocycles. The molecule has 1 aromatic heterocycles. The Balaban J connectivity index is 1.89. The third kappa shape index (κ3) is 3.27. The first-order valence-electron chi connectivity index (χ1n) is 6.46. The fourth-order valence-corrected chi connectivity index (χ4v) is 2.25. The van der Waals surface area contributed by atoms with Gasteiger partial charge in [-0.3, -0.25) is 4.79 Å². The number of furan rings is 1. The van der Waals surface area contributed by atoms with Crippen LogP contribution >= 0.6 is 0 Å². The number of carbonyl (C=O) groups excluding carboxylic acids is 2. The zero-order valence-electron chi connectivity index (χ0n) is 10.9. The number of amides is 2. The summed E-state index contributed by atoms with van der Waals surface area (Å²) in [5.74, 6) is 0.355. The second kappa shape index (κ2) is 6.26. The Kier molecular flexibility index (Phi) is 4.43. The van der Waals surface area contributed by atoms with Crippen molar-refractivity contribution in [1.29, 1.82) is 0 Å². The summed E-state index contributed by atoms with van der Waals surface area (Å²) < 4.78 is 10.1. The van der Waals surface area contributed by atoms with Crippen LogP contribution in [0.2, 0.25) is 0 Å². The molecule has 104 valence electrons. The first kappa shape index (κ1) is 13.5. The molecular weight excluding hydrogens is 248 g/mol. The van der Waals surface area contributed by atoms with Crippen LogP contribution in [0.25, 0.3) is 0 Å². The normalized spacial score (nSPS) is 18.4. The van der Waals surface area contributed by atoms with Crippen LogP contribution in [0.5, 0.6) is 0 Å². The van der Waals surface area contributed by atoms with E-state index in [-0.39, 0.29) is 18.6 Å². The molecular formula is C13H18N2O4. The SMILES string of the molecule is CCOC(=O)CNC(=O)N1CCC[C@@H]1c1ccco1. The zero-order chi connectivity index (χ0) is 13.7. The van der Waals surface area contributed by atoms with E-state index in [1.54, 1.807) is 18.1 Å². The summed E-state index contributed by atoms with van der Waals surface area (Å²) >= 11 is 0. The maximum absolute atomic E-state index is 12.0. The molecule has 0 spiro atoms. The Bertz CT molecular complexity index is 430. The van der Waals surface area contributed by atoms with Crippen molar-refractivity contribution >= 4 is 12.0 Å². The number of nitrogens with zero attached hydrogens (tertiary/aromatic N) is 1. The van der Waals surface area contributed by atoms with Crippen LogP contribution in [-0.2, 0) is 9.53 Å². The van der Waals surface area contributed by atoms with E-state index in [1.807, 2.05) is 12.1 Å². The molecule has 1 fully saturated rings. The van der Waals surface area contributed by atoms with E-state index in [9.17, 15) is 9.59 Å². The molecule has 0 bridgehead atoms. The molecule has 1 saturated heterocycles. The van der Waals surface area contributed by atoms with Crippen LogP contribution in [0.15, 0.2) is 22.8 Å². The minimum atomic E-state index is -0.426. The number of likely N-dealkylation sites (tertiary alicyclic amines) is 1. The molecule has 2 amide bonds. The van der Waals surface area contributed by atoms with Crippen molar-refractivity contribution in [1.82, 2.24) is 10.2 Å². The van der Waals surface area contributed by atoms with Gasteiger partial charge in [0, 0.05) is 6.54 Å². The number of hydrogen-bond acceptors (Lipinski definition) is 4. The van der Waals surface area contributed by atoms with Crippen LogP contribution in [0.1, 0.15) is 31.6 Å². The summed E-state index contributed by atoms with van der Waals surface area (Å²) in [6.45, 7) is 2.61. The van der Waals surface area contributed by atoms with Crippen molar-refractivity contribution in [2.45, 2.75) is 25.8 Å². The van der Waals surface area contributed by atoms with Crippen LogP contribution in [0.4, 0.5) is 4.79 Å². The Morgan fingerprint density at radius 1 is 1.58 bits per heavy atom. The van der Waals surface area contributed by atoms with Crippen molar-refractivity contribution in [3.8, 4) is 0 Å². The van der Waals surface area contributed by atoms with E-state index in [0.29, 0.717) is 13.2 Å². The highest BCUT2D eigenvalue weighted by Gasteiger charge is 2.31. The quantitative estimate of drug-likeness (QED) is 0.842. The van der Waals surface area contributed by atoms with Gasteiger partial charge in [-0.1, -0.05) is 0 Å². The number of carbonyl (C=O) groups is 2. The van der Waals surface area contributed by atoms with Crippen LogP contribution in [-0.4, -0.2) is 36.6 Å². The molecule has 0 saturated carbocycles. The summed E-state index contributed by atoms with van der Waals surface area (Å²) in [5, 5.41) is 2.57. The van der Waals surface area contributed by atoms with Crippen molar-refractivity contribution in [3.05, 3.63) is 24.2 Å². The first-order chi connectivity index (χ1) is 9.22. The number of urea groups is 1. The maximum atomic E-state index is 12.0. The molecule has 0 radical (unpaired) electrons. The van der Waals surface area contributed by atoms with Gasteiger partial charge in [-0.2, -0.15) is 0 Å². The third-order valence-electron chi connectivity index (χ3n) is 3.07. The molecule has 0 unspecified atom stereocenters. The average Bonchev–Trinajstić information content (AvgIpc) is 3.05. The highest BCUT2D eigenvalue weighted by Crippen LogP contribution is 2.31. The van der Waals surface area contributed by atoms with Crippen LogP contribution in [0.3, 0.4) is 0 Å². The van der Waals surface area contributed by atoms with E-state index in [0.717, 1.165) is 18.6 Å². The summed E-state index contributed by atoms with van der Waals surface area (Å²) in [4.78, 5) is 24.9. The standard InChI is InChI=1S/C13H18N2O4/c1-2-18-12(16)9-14-13(17)15-7-3-5-10(15)11-6-4-8-19-11/h4,6,8,10H,2-3,5,7,9H2,1H3,(H,14,17)/t10-/m1/s1. The number of hydrogen-bond donors (Lipinski definition) is 1. The lowest BCUT2D eigenvalue weighted by atomic mass is 10.2.